The highest BCUT2D eigenvalue weighted by Crippen LogP contribution is 2.31. The van der Waals surface area contributed by atoms with Crippen LogP contribution in [-0.4, -0.2) is 29.0 Å². The van der Waals surface area contributed by atoms with Crippen molar-refractivity contribution in [2.24, 2.45) is 0 Å². The van der Waals surface area contributed by atoms with Crippen LogP contribution < -0.4 is 10.1 Å². The van der Waals surface area contributed by atoms with Gasteiger partial charge in [-0.15, -0.1) is 0 Å². The molecule has 164 valence electrons. The fourth-order valence-corrected chi connectivity index (χ4v) is 4.29. The molecule has 32 heavy (non-hydrogen) atoms. The number of nitrogens with zero attached hydrogens (tertiary/aromatic N) is 2. The van der Waals surface area contributed by atoms with Crippen molar-refractivity contribution in [1.82, 2.24) is 15.3 Å². The van der Waals surface area contributed by atoms with Crippen LogP contribution >= 0.6 is 11.8 Å². The first-order valence-corrected chi connectivity index (χ1v) is 11.5. The zero-order valence-corrected chi connectivity index (χ0v) is 18.9. The lowest BCUT2D eigenvalue weighted by molar-refractivity contribution is 0.0911. The number of aromatic nitrogens is 2. The Bertz CT molecular complexity index is 1180. The molecule has 1 unspecified atom stereocenters. The number of furan rings is 1. The molecule has 0 aliphatic carbocycles. The maximum Gasteiger partial charge on any atom is 0.287 e. The summed E-state index contributed by atoms with van der Waals surface area (Å²) in [5.74, 6) is 1.54. The molecule has 2 aromatic carbocycles. The molecule has 4 aromatic rings. The lowest BCUT2D eigenvalue weighted by atomic mass is 10.1. The standard InChI is InChI=1S/C25H25N3O3S/c1-17(8-9-18-10-12-19(30-2)13-11-18)28-24(29)23-21(16-32-25-26-14-5-15-27-25)20-6-3-4-7-22(20)31-23/h3-7,10-15,17H,8-9,16H2,1-2H3,(H,28,29). The van der Waals surface area contributed by atoms with Gasteiger partial charge in [-0.3, -0.25) is 4.79 Å². The highest BCUT2D eigenvalue weighted by atomic mass is 32.2. The van der Waals surface area contributed by atoms with Gasteiger partial charge in [0.2, 0.25) is 0 Å². The summed E-state index contributed by atoms with van der Waals surface area (Å²) in [5.41, 5.74) is 2.77. The molecule has 1 amide bonds. The van der Waals surface area contributed by atoms with Crippen LogP contribution in [0.1, 0.15) is 35.0 Å². The number of thioether (sulfide) groups is 1. The van der Waals surface area contributed by atoms with Crippen LogP contribution in [0.5, 0.6) is 5.75 Å². The van der Waals surface area contributed by atoms with E-state index in [2.05, 4.69) is 15.3 Å². The number of hydrogen-bond acceptors (Lipinski definition) is 6. The Balaban J connectivity index is 1.44. The van der Waals surface area contributed by atoms with Gasteiger partial charge in [-0.2, -0.15) is 0 Å². The molecule has 0 aliphatic rings. The van der Waals surface area contributed by atoms with Gasteiger partial charge in [0.25, 0.3) is 5.91 Å². The van der Waals surface area contributed by atoms with Crippen LogP contribution in [0, 0.1) is 0 Å². The molecule has 2 heterocycles. The highest BCUT2D eigenvalue weighted by Gasteiger charge is 2.22. The van der Waals surface area contributed by atoms with Crippen LogP contribution in [0.25, 0.3) is 11.0 Å². The zero-order valence-electron chi connectivity index (χ0n) is 18.1. The van der Waals surface area contributed by atoms with Crippen molar-refractivity contribution in [1.29, 1.82) is 0 Å². The molecule has 0 bridgehead atoms. The van der Waals surface area contributed by atoms with Crippen LogP contribution in [0.2, 0.25) is 0 Å². The normalized spacial score (nSPS) is 11.9. The van der Waals surface area contributed by atoms with Gasteiger partial charge in [-0.25, -0.2) is 9.97 Å². The van der Waals surface area contributed by atoms with Crippen LogP contribution in [0.3, 0.4) is 0 Å². The monoisotopic (exact) mass is 447 g/mol. The van der Waals surface area contributed by atoms with E-state index in [1.165, 1.54) is 17.3 Å². The molecule has 0 aliphatic heterocycles. The molecule has 0 saturated heterocycles. The first-order chi connectivity index (χ1) is 15.6. The number of ether oxygens (including phenoxy) is 1. The van der Waals surface area contributed by atoms with E-state index in [-0.39, 0.29) is 11.9 Å². The van der Waals surface area contributed by atoms with Crippen molar-refractivity contribution in [3.63, 3.8) is 0 Å². The largest absolute Gasteiger partial charge is 0.497 e. The number of methoxy groups -OCH3 is 1. The Kier molecular flexibility index (Phi) is 7.07. The fourth-order valence-electron chi connectivity index (χ4n) is 3.46. The zero-order chi connectivity index (χ0) is 22.3. The van der Waals surface area contributed by atoms with Crippen molar-refractivity contribution >= 4 is 28.6 Å². The minimum atomic E-state index is -0.201. The molecular formula is C25H25N3O3S. The van der Waals surface area contributed by atoms with Gasteiger partial charge in [0.15, 0.2) is 10.9 Å². The fraction of sp³-hybridized carbons (Fsp3) is 0.240. The Morgan fingerprint density at radius 2 is 1.84 bits per heavy atom. The maximum absolute atomic E-state index is 13.1. The number of para-hydroxylation sites is 1. The molecule has 0 radical (unpaired) electrons. The summed E-state index contributed by atoms with van der Waals surface area (Å²) in [5, 5.41) is 4.69. The third-order valence-corrected chi connectivity index (χ3v) is 6.10. The van der Waals surface area contributed by atoms with Crippen LogP contribution in [0.15, 0.2) is 76.6 Å². The number of fused-ring (bicyclic) bond motifs is 1. The summed E-state index contributed by atoms with van der Waals surface area (Å²) >= 11 is 1.48. The van der Waals surface area contributed by atoms with Gasteiger partial charge in [0.05, 0.1) is 7.11 Å². The molecule has 6 nitrogen and oxygen atoms in total. The summed E-state index contributed by atoms with van der Waals surface area (Å²) in [6.45, 7) is 2.01. The Morgan fingerprint density at radius 1 is 1.09 bits per heavy atom. The number of benzene rings is 2. The van der Waals surface area contributed by atoms with Crippen LogP contribution in [0.4, 0.5) is 0 Å². The summed E-state index contributed by atoms with van der Waals surface area (Å²) in [4.78, 5) is 21.6. The van der Waals surface area contributed by atoms with E-state index in [1.54, 1.807) is 25.6 Å². The average molecular weight is 448 g/mol. The van der Waals surface area contributed by atoms with E-state index in [1.807, 2.05) is 55.5 Å². The predicted molar refractivity (Wildman–Crippen MR) is 126 cm³/mol. The van der Waals surface area contributed by atoms with Crippen LogP contribution in [-0.2, 0) is 12.2 Å². The maximum atomic E-state index is 13.1. The van der Waals surface area contributed by atoms with E-state index in [0.29, 0.717) is 22.3 Å². The number of hydrogen-bond donors (Lipinski definition) is 1. The Morgan fingerprint density at radius 3 is 2.59 bits per heavy atom. The van der Waals surface area contributed by atoms with E-state index >= 15 is 0 Å². The second kappa shape index (κ2) is 10.3. The predicted octanol–water partition coefficient (Wildman–Crippen LogP) is 5.27. The minimum Gasteiger partial charge on any atom is -0.497 e. The number of rotatable bonds is 9. The number of nitrogens with one attached hydrogen (secondary N) is 1. The van der Waals surface area contributed by atoms with Gasteiger partial charge < -0.3 is 14.5 Å². The van der Waals surface area contributed by atoms with Crippen molar-refractivity contribution < 1.29 is 13.9 Å². The van der Waals surface area contributed by atoms with Crippen molar-refractivity contribution in [3.05, 3.63) is 83.9 Å². The SMILES string of the molecule is COc1ccc(CCC(C)NC(=O)c2oc3ccccc3c2CSc2ncccn2)cc1. The topological polar surface area (TPSA) is 77.2 Å². The van der Waals surface area contributed by atoms with E-state index in [4.69, 9.17) is 9.15 Å². The first kappa shape index (κ1) is 21.9. The molecule has 1 N–H and O–H groups in total. The second-order valence-electron chi connectivity index (χ2n) is 7.49. The number of carbonyl (C=O) groups is 1. The van der Waals surface area contributed by atoms with E-state index < -0.39 is 0 Å². The van der Waals surface area contributed by atoms with E-state index in [0.717, 1.165) is 29.5 Å². The third kappa shape index (κ3) is 5.29. The Labute approximate surface area is 191 Å². The molecular weight excluding hydrogens is 422 g/mol. The third-order valence-electron chi connectivity index (χ3n) is 5.19. The molecule has 0 fully saturated rings. The Hall–Kier alpha value is -3.32. The summed E-state index contributed by atoms with van der Waals surface area (Å²) in [6, 6.07) is 17.5. The summed E-state index contributed by atoms with van der Waals surface area (Å²) < 4.78 is 11.2. The van der Waals surface area contributed by atoms with Crippen molar-refractivity contribution in [2.45, 2.75) is 36.7 Å². The summed E-state index contributed by atoms with van der Waals surface area (Å²) in [6.07, 6.45) is 5.10. The lowest BCUT2D eigenvalue weighted by Gasteiger charge is -2.14. The second-order valence-corrected chi connectivity index (χ2v) is 8.43. The van der Waals surface area contributed by atoms with Gasteiger partial charge in [-0.05, 0) is 49.6 Å². The molecule has 1 atom stereocenters. The average Bonchev–Trinajstić information content (AvgIpc) is 3.21. The quantitative estimate of drug-likeness (QED) is 0.278. The minimum absolute atomic E-state index is 0.00391. The smallest absolute Gasteiger partial charge is 0.287 e. The molecule has 2 aromatic heterocycles. The molecule has 7 heteroatoms. The van der Waals surface area contributed by atoms with Gasteiger partial charge in [-0.1, -0.05) is 42.1 Å². The molecule has 4 rings (SSSR count). The van der Waals surface area contributed by atoms with E-state index in [9.17, 15) is 4.79 Å². The van der Waals surface area contributed by atoms with Gasteiger partial charge in [0.1, 0.15) is 11.3 Å². The highest BCUT2D eigenvalue weighted by molar-refractivity contribution is 7.98. The van der Waals surface area contributed by atoms with Gasteiger partial charge >= 0.3 is 0 Å². The molecule has 0 spiro atoms. The first-order valence-electron chi connectivity index (χ1n) is 10.5. The van der Waals surface area contributed by atoms with Gasteiger partial charge in [0, 0.05) is 35.1 Å². The summed E-state index contributed by atoms with van der Waals surface area (Å²) in [7, 11) is 1.66. The number of amides is 1. The molecule has 0 saturated carbocycles. The van der Waals surface area contributed by atoms with Crippen molar-refractivity contribution in [3.8, 4) is 5.75 Å². The lowest BCUT2D eigenvalue weighted by Crippen LogP contribution is -2.33. The van der Waals surface area contributed by atoms with Crippen molar-refractivity contribution in [2.75, 3.05) is 7.11 Å². The number of aryl methyl sites for hydroxylation is 1. The number of carbonyl (C=O) groups excluding carboxylic acids is 1.